The van der Waals surface area contributed by atoms with Crippen LogP contribution in [0.4, 0.5) is 34.1 Å². The van der Waals surface area contributed by atoms with Gasteiger partial charge in [0.25, 0.3) is 0 Å². The molecule has 0 atom stereocenters. The third-order valence-electron chi connectivity index (χ3n) is 10.8. The number of hydrogen-bond donors (Lipinski definition) is 0. The molecule has 3 nitrogen and oxygen atoms in total. The minimum absolute atomic E-state index is 0.864. The number of anilines is 6. The molecule has 0 N–H and O–H groups in total. The summed E-state index contributed by atoms with van der Waals surface area (Å²) in [5, 5.41) is 4.60. The molecule has 1 heterocycles. The van der Waals surface area contributed by atoms with Gasteiger partial charge >= 0.3 is 0 Å². The van der Waals surface area contributed by atoms with Crippen LogP contribution in [-0.2, 0) is 0 Å². The SMILES string of the molecule is Cc1c(N(c2ccccc2)c2ccccc2)cc(-c2cccc3ccccc23)cc1N(c1ccccc1)c1ccc2oc3ccc(-c4ccccc4)cc3c2c1. The van der Waals surface area contributed by atoms with Crippen molar-refractivity contribution in [2.45, 2.75) is 6.92 Å². The molecule has 0 unspecified atom stereocenters. The Bertz CT molecular complexity index is 2930. The van der Waals surface area contributed by atoms with Crippen molar-refractivity contribution in [1.82, 2.24) is 0 Å². The molecule has 0 spiro atoms. The van der Waals surface area contributed by atoms with Crippen LogP contribution in [0.15, 0.2) is 217 Å². The fourth-order valence-corrected chi connectivity index (χ4v) is 8.08. The first-order valence-electron chi connectivity index (χ1n) is 19.1. The van der Waals surface area contributed by atoms with Gasteiger partial charge in [-0.05, 0) is 124 Å². The Morgan fingerprint density at radius 2 is 0.839 bits per heavy atom. The van der Waals surface area contributed by atoms with E-state index in [0.29, 0.717) is 0 Å². The number of fused-ring (bicyclic) bond motifs is 4. The standard InChI is InChI=1S/C53H38N2O/c1-37-50(54(42-21-8-3-9-22-42)43-23-10-4-11-24-43)34-41(47-28-16-20-39-19-14-15-27-46(39)47)35-51(37)55(44-25-12-5-13-26-44)45-30-32-53-49(36-45)48-33-40(29-31-52(48)56-53)38-17-6-2-7-18-38/h2-36H,1H3. The highest BCUT2D eigenvalue weighted by molar-refractivity contribution is 6.08. The molecule has 0 radical (unpaired) electrons. The molecule has 0 saturated carbocycles. The molecule has 266 valence electrons. The maximum atomic E-state index is 6.45. The molecule has 0 amide bonds. The lowest BCUT2D eigenvalue weighted by Gasteiger charge is -2.33. The molecule has 0 aliphatic rings. The summed E-state index contributed by atoms with van der Waals surface area (Å²) in [6.07, 6.45) is 0. The maximum Gasteiger partial charge on any atom is 0.135 e. The van der Waals surface area contributed by atoms with Gasteiger partial charge in [-0.3, -0.25) is 0 Å². The molecular formula is C53H38N2O. The smallest absolute Gasteiger partial charge is 0.135 e. The quantitative estimate of drug-likeness (QED) is 0.156. The van der Waals surface area contributed by atoms with E-state index in [0.717, 1.165) is 72.8 Å². The van der Waals surface area contributed by atoms with Crippen LogP contribution in [0.25, 0.3) is 55.0 Å². The van der Waals surface area contributed by atoms with Gasteiger partial charge in [-0.25, -0.2) is 0 Å². The van der Waals surface area contributed by atoms with Gasteiger partial charge in [0.1, 0.15) is 11.2 Å². The van der Waals surface area contributed by atoms with Crippen LogP contribution in [-0.4, -0.2) is 0 Å². The van der Waals surface area contributed by atoms with Crippen LogP contribution in [0, 0.1) is 6.92 Å². The fraction of sp³-hybridized carbons (Fsp3) is 0.0189. The molecule has 0 aliphatic heterocycles. The first-order valence-corrected chi connectivity index (χ1v) is 19.1. The predicted octanol–water partition coefficient (Wildman–Crippen LogP) is 15.3. The third-order valence-corrected chi connectivity index (χ3v) is 10.8. The Kier molecular flexibility index (Phi) is 8.38. The summed E-state index contributed by atoms with van der Waals surface area (Å²) in [6.45, 7) is 2.25. The van der Waals surface area contributed by atoms with Crippen molar-refractivity contribution in [2.24, 2.45) is 0 Å². The molecule has 0 saturated heterocycles. The van der Waals surface area contributed by atoms with Crippen molar-refractivity contribution in [3.05, 3.63) is 218 Å². The third kappa shape index (κ3) is 5.96. The van der Waals surface area contributed by atoms with E-state index < -0.39 is 0 Å². The summed E-state index contributed by atoms with van der Waals surface area (Å²) in [6, 6.07) is 75.7. The van der Waals surface area contributed by atoms with Crippen molar-refractivity contribution in [1.29, 1.82) is 0 Å². The van der Waals surface area contributed by atoms with E-state index >= 15 is 0 Å². The summed E-state index contributed by atoms with van der Waals surface area (Å²) in [5.41, 5.74) is 14.0. The minimum atomic E-state index is 0.864. The van der Waals surface area contributed by atoms with E-state index in [2.05, 4.69) is 229 Å². The van der Waals surface area contributed by atoms with Gasteiger partial charge in [0.05, 0.1) is 11.4 Å². The largest absolute Gasteiger partial charge is 0.456 e. The van der Waals surface area contributed by atoms with Crippen LogP contribution in [0.5, 0.6) is 0 Å². The van der Waals surface area contributed by atoms with E-state index in [1.807, 2.05) is 0 Å². The van der Waals surface area contributed by atoms with Crippen molar-refractivity contribution in [2.75, 3.05) is 9.80 Å². The Morgan fingerprint density at radius 3 is 1.46 bits per heavy atom. The van der Waals surface area contributed by atoms with E-state index in [4.69, 9.17) is 4.42 Å². The summed E-state index contributed by atoms with van der Waals surface area (Å²) >= 11 is 0. The van der Waals surface area contributed by atoms with Gasteiger partial charge < -0.3 is 14.2 Å². The normalized spacial score (nSPS) is 11.3. The van der Waals surface area contributed by atoms with Crippen LogP contribution < -0.4 is 9.80 Å². The Morgan fingerprint density at radius 1 is 0.339 bits per heavy atom. The first-order chi connectivity index (χ1) is 27.7. The van der Waals surface area contributed by atoms with Crippen LogP contribution in [0.3, 0.4) is 0 Å². The lowest BCUT2D eigenvalue weighted by atomic mass is 9.94. The lowest BCUT2D eigenvalue weighted by molar-refractivity contribution is 0.669. The minimum Gasteiger partial charge on any atom is -0.456 e. The van der Waals surface area contributed by atoms with Crippen molar-refractivity contribution in [3.8, 4) is 22.3 Å². The number of rotatable bonds is 8. The number of furan rings is 1. The molecule has 0 bridgehead atoms. The second kappa shape index (κ2) is 14.1. The lowest BCUT2D eigenvalue weighted by Crippen LogP contribution is -2.16. The summed E-state index contributed by atoms with van der Waals surface area (Å²) in [7, 11) is 0. The van der Waals surface area contributed by atoms with Crippen molar-refractivity contribution in [3.63, 3.8) is 0 Å². The van der Waals surface area contributed by atoms with Gasteiger partial charge in [-0.2, -0.15) is 0 Å². The zero-order valence-corrected chi connectivity index (χ0v) is 31.0. The molecule has 0 aliphatic carbocycles. The van der Waals surface area contributed by atoms with E-state index in [9.17, 15) is 0 Å². The monoisotopic (exact) mass is 718 g/mol. The zero-order chi connectivity index (χ0) is 37.4. The molecule has 56 heavy (non-hydrogen) atoms. The first kappa shape index (κ1) is 33.2. The summed E-state index contributed by atoms with van der Waals surface area (Å²) in [4.78, 5) is 4.79. The molecule has 0 fully saturated rings. The van der Waals surface area contributed by atoms with Gasteiger partial charge in [-0.1, -0.05) is 133 Å². The number of para-hydroxylation sites is 3. The van der Waals surface area contributed by atoms with Crippen LogP contribution in [0.1, 0.15) is 5.56 Å². The van der Waals surface area contributed by atoms with Crippen molar-refractivity contribution >= 4 is 66.8 Å². The van der Waals surface area contributed by atoms with E-state index in [-0.39, 0.29) is 0 Å². The Labute approximate surface area is 326 Å². The molecule has 3 heteroatoms. The highest BCUT2D eigenvalue weighted by Gasteiger charge is 2.24. The van der Waals surface area contributed by atoms with Gasteiger partial charge in [0.2, 0.25) is 0 Å². The van der Waals surface area contributed by atoms with Gasteiger partial charge in [0, 0.05) is 33.5 Å². The second-order valence-corrected chi connectivity index (χ2v) is 14.2. The van der Waals surface area contributed by atoms with Crippen LogP contribution >= 0.6 is 0 Å². The Hall–Kier alpha value is -7.36. The highest BCUT2D eigenvalue weighted by atomic mass is 16.3. The summed E-state index contributed by atoms with van der Waals surface area (Å²) < 4.78 is 6.45. The topological polar surface area (TPSA) is 19.6 Å². The molecule has 9 aromatic carbocycles. The average molecular weight is 719 g/mol. The molecule has 10 aromatic rings. The zero-order valence-electron chi connectivity index (χ0n) is 31.0. The number of nitrogens with zero attached hydrogens (tertiary/aromatic N) is 2. The second-order valence-electron chi connectivity index (χ2n) is 14.2. The van der Waals surface area contributed by atoms with E-state index in [1.54, 1.807) is 0 Å². The van der Waals surface area contributed by atoms with Crippen molar-refractivity contribution < 1.29 is 4.42 Å². The number of benzene rings is 9. The Balaban J connectivity index is 1.25. The predicted molar refractivity (Wildman–Crippen MR) is 236 cm³/mol. The van der Waals surface area contributed by atoms with Crippen LogP contribution in [0.2, 0.25) is 0 Å². The molecule has 10 rings (SSSR count). The summed E-state index contributed by atoms with van der Waals surface area (Å²) in [5.74, 6) is 0. The van der Waals surface area contributed by atoms with E-state index in [1.165, 1.54) is 21.9 Å². The van der Waals surface area contributed by atoms with Gasteiger partial charge in [0.15, 0.2) is 0 Å². The number of hydrogen-bond acceptors (Lipinski definition) is 3. The maximum absolute atomic E-state index is 6.45. The fourth-order valence-electron chi connectivity index (χ4n) is 8.08. The molecular weight excluding hydrogens is 681 g/mol. The average Bonchev–Trinajstić information content (AvgIpc) is 3.63. The molecule has 1 aromatic heterocycles. The van der Waals surface area contributed by atoms with Gasteiger partial charge in [-0.15, -0.1) is 0 Å². The highest BCUT2D eigenvalue weighted by Crippen LogP contribution is 2.47.